The lowest BCUT2D eigenvalue weighted by molar-refractivity contribution is 0.0913. The minimum Gasteiger partial charge on any atom is -0.486 e. The number of nitrogens with zero attached hydrogens (tertiary/aromatic N) is 1. The summed E-state index contributed by atoms with van der Waals surface area (Å²) < 4.78 is 10.8. The van der Waals surface area contributed by atoms with Crippen LogP contribution in [0.1, 0.15) is 21.9 Å². The molecule has 2 N–H and O–H groups in total. The zero-order valence-electron chi connectivity index (χ0n) is 11.2. The van der Waals surface area contributed by atoms with E-state index in [4.69, 9.17) is 19.5 Å². The Morgan fingerprint density at radius 2 is 2.05 bits per heavy atom. The molecule has 1 aromatic carbocycles. The van der Waals surface area contributed by atoms with Crippen molar-refractivity contribution < 1.29 is 19.1 Å². The fourth-order valence-corrected chi connectivity index (χ4v) is 1.61. The van der Waals surface area contributed by atoms with Gasteiger partial charge in [0.2, 0.25) is 0 Å². The summed E-state index contributed by atoms with van der Waals surface area (Å²) in [5.41, 5.74) is 0.559. The molecule has 0 bridgehead atoms. The van der Waals surface area contributed by atoms with Crippen LogP contribution in [0.3, 0.4) is 0 Å². The van der Waals surface area contributed by atoms with Gasteiger partial charge in [-0.2, -0.15) is 5.26 Å². The highest BCUT2D eigenvalue weighted by Gasteiger charge is 2.10. The second kappa shape index (κ2) is 7.12. The lowest BCUT2D eigenvalue weighted by Crippen LogP contribution is -2.25. The average molecular weight is 286 g/mol. The van der Waals surface area contributed by atoms with Gasteiger partial charge in [-0.25, -0.2) is 0 Å². The van der Waals surface area contributed by atoms with E-state index in [1.54, 1.807) is 36.4 Å². The Balaban J connectivity index is 1.90. The maximum absolute atomic E-state index is 11.6. The van der Waals surface area contributed by atoms with Gasteiger partial charge in [0.1, 0.15) is 18.1 Å². The molecule has 0 atom stereocenters. The van der Waals surface area contributed by atoms with Gasteiger partial charge in [-0.3, -0.25) is 4.79 Å². The van der Waals surface area contributed by atoms with Crippen LogP contribution in [0, 0.1) is 11.3 Å². The Kier molecular flexibility index (Phi) is 4.96. The molecule has 0 aliphatic heterocycles. The van der Waals surface area contributed by atoms with Gasteiger partial charge >= 0.3 is 0 Å². The fourth-order valence-electron chi connectivity index (χ4n) is 1.61. The zero-order valence-corrected chi connectivity index (χ0v) is 11.2. The van der Waals surface area contributed by atoms with Gasteiger partial charge in [-0.1, -0.05) is 0 Å². The molecule has 6 heteroatoms. The highest BCUT2D eigenvalue weighted by Crippen LogP contribution is 2.15. The molecule has 2 aromatic rings. The van der Waals surface area contributed by atoms with E-state index in [1.165, 1.54) is 0 Å². The summed E-state index contributed by atoms with van der Waals surface area (Å²) in [6.45, 7) is 0.233. The van der Waals surface area contributed by atoms with E-state index < -0.39 is 0 Å². The van der Waals surface area contributed by atoms with Gasteiger partial charge in [-0.15, -0.1) is 0 Å². The first-order valence-electron chi connectivity index (χ1n) is 6.33. The number of carbonyl (C=O) groups excluding carboxylic acids is 1. The molecular formula is C15H14N2O4. The number of nitrogens with one attached hydrogen (secondary N) is 1. The van der Waals surface area contributed by atoms with E-state index in [2.05, 4.69) is 5.32 Å². The molecule has 21 heavy (non-hydrogen) atoms. The minimum absolute atomic E-state index is 0.124. The van der Waals surface area contributed by atoms with Crippen molar-refractivity contribution in [1.29, 1.82) is 5.26 Å². The largest absolute Gasteiger partial charge is 0.486 e. The maximum Gasteiger partial charge on any atom is 0.287 e. The van der Waals surface area contributed by atoms with Gasteiger partial charge in [0.05, 0.1) is 18.2 Å². The van der Waals surface area contributed by atoms with E-state index in [0.29, 0.717) is 17.1 Å². The summed E-state index contributed by atoms with van der Waals surface area (Å²) in [4.78, 5) is 11.6. The number of aliphatic hydroxyl groups is 1. The lowest BCUT2D eigenvalue weighted by atomic mass is 10.2. The number of ether oxygens (including phenoxy) is 1. The van der Waals surface area contributed by atoms with E-state index >= 15 is 0 Å². The Bertz CT molecular complexity index is 640. The predicted molar refractivity (Wildman–Crippen MR) is 73.6 cm³/mol. The average Bonchev–Trinajstić information content (AvgIpc) is 3.00. The number of carbonyl (C=O) groups is 1. The highest BCUT2D eigenvalue weighted by atomic mass is 16.5. The summed E-state index contributed by atoms with van der Waals surface area (Å²) >= 11 is 0. The van der Waals surface area contributed by atoms with E-state index in [9.17, 15) is 4.79 Å². The van der Waals surface area contributed by atoms with Crippen molar-refractivity contribution in [3.8, 4) is 11.8 Å². The molecule has 6 nitrogen and oxygen atoms in total. The molecule has 1 amide bonds. The van der Waals surface area contributed by atoms with Crippen LogP contribution in [0.25, 0.3) is 0 Å². The number of nitriles is 1. The SMILES string of the molecule is N#Cc1ccc(OCc2ccc(C(=O)NCCO)o2)cc1. The van der Waals surface area contributed by atoms with Gasteiger partial charge < -0.3 is 19.6 Å². The summed E-state index contributed by atoms with van der Waals surface area (Å²) in [7, 11) is 0. The Morgan fingerprint density at radius 3 is 2.71 bits per heavy atom. The van der Waals surface area contributed by atoms with E-state index in [-0.39, 0.29) is 31.4 Å². The third-order valence-electron chi connectivity index (χ3n) is 2.65. The normalized spacial score (nSPS) is 9.90. The predicted octanol–water partition coefficient (Wildman–Crippen LogP) is 1.45. The van der Waals surface area contributed by atoms with Gasteiger partial charge in [0, 0.05) is 6.54 Å². The van der Waals surface area contributed by atoms with Crippen LogP contribution in [0.5, 0.6) is 5.75 Å². The molecule has 0 saturated heterocycles. The van der Waals surface area contributed by atoms with Crippen LogP contribution in [-0.4, -0.2) is 24.2 Å². The zero-order chi connectivity index (χ0) is 15.1. The number of benzene rings is 1. The first-order chi connectivity index (χ1) is 10.2. The van der Waals surface area contributed by atoms with Crippen molar-refractivity contribution in [2.24, 2.45) is 0 Å². The minimum atomic E-state index is -0.381. The van der Waals surface area contributed by atoms with Crippen LogP contribution >= 0.6 is 0 Å². The van der Waals surface area contributed by atoms with Crippen LogP contribution < -0.4 is 10.1 Å². The fraction of sp³-hybridized carbons (Fsp3) is 0.200. The Morgan fingerprint density at radius 1 is 1.29 bits per heavy atom. The molecule has 0 fully saturated rings. The topological polar surface area (TPSA) is 95.5 Å². The third-order valence-corrected chi connectivity index (χ3v) is 2.65. The second-order valence-corrected chi connectivity index (χ2v) is 4.17. The number of amides is 1. The quantitative estimate of drug-likeness (QED) is 0.838. The molecule has 1 aromatic heterocycles. The third kappa shape index (κ3) is 4.09. The molecule has 2 rings (SSSR count). The van der Waals surface area contributed by atoms with Crippen LogP contribution in [0.15, 0.2) is 40.8 Å². The summed E-state index contributed by atoms with van der Waals surface area (Å²) in [6.07, 6.45) is 0. The number of aliphatic hydroxyl groups excluding tert-OH is 1. The summed E-state index contributed by atoms with van der Waals surface area (Å²) in [5.74, 6) is 0.903. The molecule has 0 aliphatic rings. The second-order valence-electron chi connectivity index (χ2n) is 4.17. The first kappa shape index (κ1) is 14.6. The molecule has 0 spiro atoms. The Hall–Kier alpha value is -2.78. The highest BCUT2D eigenvalue weighted by molar-refractivity contribution is 5.91. The van der Waals surface area contributed by atoms with E-state index in [0.717, 1.165) is 0 Å². The molecule has 0 radical (unpaired) electrons. The van der Waals surface area contributed by atoms with Crippen molar-refractivity contribution in [3.05, 3.63) is 53.5 Å². The molecule has 108 valence electrons. The Labute approximate surface area is 121 Å². The van der Waals surface area contributed by atoms with Crippen LogP contribution in [0.2, 0.25) is 0 Å². The van der Waals surface area contributed by atoms with Gasteiger partial charge in [0.25, 0.3) is 5.91 Å². The van der Waals surface area contributed by atoms with Crippen molar-refractivity contribution in [1.82, 2.24) is 5.32 Å². The van der Waals surface area contributed by atoms with Crippen LogP contribution in [0.4, 0.5) is 0 Å². The molecule has 1 heterocycles. The lowest BCUT2D eigenvalue weighted by Gasteiger charge is -2.04. The number of hydrogen-bond donors (Lipinski definition) is 2. The van der Waals surface area contributed by atoms with E-state index in [1.807, 2.05) is 6.07 Å². The van der Waals surface area contributed by atoms with Crippen molar-refractivity contribution in [2.75, 3.05) is 13.2 Å². The number of furan rings is 1. The monoisotopic (exact) mass is 286 g/mol. The molecule has 0 saturated carbocycles. The molecule has 0 aliphatic carbocycles. The maximum atomic E-state index is 11.6. The van der Waals surface area contributed by atoms with Crippen LogP contribution in [-0.2, 0) is 6.61 Å². The summed E-state index contributed by atoms with van der Waals surface area (Å²) in [5, 5.41) is 19.8. The standard InChI is InChI=1S/C15H14N2O4/c16-9-11-1-3-12(4-2-11)20-10-13-5-6-14(21-13)15(19)17-7-8-18/h1-6,18H,7-8,10H2,(H,17,19). The van der Waals surface area contributed by atoms with Crippen molar-refractivity contribution in [3.63, 3.8) is 0 Å². The van der Waals surface area contributed by atoms with Crippen molar-refractivity contribution >= 4 is 5.91 Å². The molecular weight excluding hydrogens is 272 g/mol. The first-order valence-corrected chi connectivity index (χ1v) is 6.33. The molecule has 0 unspecified atom stereocenters. The van der Waals surface area contributed by atoms with Crippen molar-refractivity contribution in [2.45, 2.75) is 6.61 Å². The smallest absolute Gasteiger partial charge is 0.287 e. The number of hydrogen-bond acceptors (Lipinski definition) is 5. The number of rotatable bonds is 6. The van der Waals surface area contributed by atoms with Gasteiger partial charge in [-0.05, 0) is 36.4 Å². The van der Waals surface area contributed by atoms with Gasteiger partial charge in [0.15, 0.2) is 5.76 Å². The summed E-state index contributed by atoms with van der Waals surface area (Å²) in [6, 6.07) is 11.9.